The molecule has 0 N–H and O–H groups in total. The van der Waals surface area contributed by atoms with Crippen LogP contribution in [0.25, 0.3) is 11.6 Å². The molecule has 4 rings (SSSR count). The summed E-state index contributed by atoms with van der Waals surface area (Å²) in [6, 6.07) is 26.1. The predicted molar refractivity (Wildman–Crippen MR) is 156 cm³/mol. The van der Waals surface area contributed by atoms with E-state index < -0.39 is 10.0 Å². The van der Waals surface area contributed by atoms with Crippen molar-refractivity contribution in [1.82, 2.24) is 4.31 Å². The number of rotatable bonds is 8. The molecule has 1 heterocycles. The zero-order chi connectivity index (χ0) is 27.8. The molecular formula is C31H36BNO4PdS-. The van der Waals surface area contributed by atoms with E-state index in [9.17, 15) is 8.42 Å². The largest absolute Gasteiger partial charge is 0.488 e. The van der Waals surface area contributed by atoms with Gasteiger partial charge in [0.05, 0.1) is 16.1 Å². The van der Waals surface area contributed by atoms with Crippen LogP contribution in [0.1, 0.15) is 44.4 Å². The molecule has 39 heavy (non-hydrogen) atoms. The number of nitrogens with zero attached hydrogens (tertiary/aromatic N) is 1. The van der Waals surface area contributed by atoms with E-state index in [1.807, 2.05) is 107 Å². The van der Waals surface area contributed by atoms with E-state index in [0.717, 1.165) is 16.7 Å². The van der Waals surface area contributed by atoms with E-state index in [0.29, 0.717) is 5.57 Å². The third-order valence-electron chi connectivity index (χ3n) is 6.70. The van der Waals surface area contributed by atoms with Gasteiger partial charge in [-0.3, -0.25) is 6.58 Å². The fraction of sp³-hybridized carbons (Fsp3) is 0.290. The Morgan fingerprint density at radius 1 is 0.872 bits per heavy atom. The number of benzene rings is 3. The van der Waals surface area contributed by atoms with Crippen LogP contribution in [0.3, 0.4) is 0 Å². The summed E-state index contributed by atoms with van der Waals surface area (Å²) in [7, 11) is -2.28. The van der Waals surface area contributed by atoms with Crippen LogP contribution in [-0.4, -0.2) is 44.7 Å². The van der Waals surface area contributed by atoms with Gasteiger partial charge in [-0.05, 0) is 52.3 Å². The van der Waals surface area contributed by atoms with Crippen LogP contribution in [-0.2, 0) is 39.8 Å². The molecule has 0 saturated carbocycles. The maximum atomic E-state index is 13.3. The van der Waals surface area contributed by atoms with Crippen molar-refractivity contribution in [3.05, 3.63) is 114 Å². The van der Waals surface area contributed by atoms with Crippen LogP contribution in [0.5, 0.6) is 0 Å². The van der Waals surface area contributed by atoms with Crippen LogP contribution in [0.15, 0.2) is 95.9 Å². The molecule has 3 aromatic carbocycles. The fourth-order valence-electron chi connectivity index (χ4n) is 3.46. The van der Waals surface area contributed by atoms with E-state index in [2.05, 4.69) is 0 Å². The Morgan fingerprint density at radius 2 is 1.38 bits per heavy atom. The first-order valence-electron chi connectivity index (χ1n) is 12.5. The van der Waals surface area contributed by atoms with E-state index in [4.69, 9.17) is 15.9 Å². The van der Waals surface area contributed by atoms with Crippen LogP contribution in [0, 0.1) is 13.5 Å². The molecule has 8 heteroatoms. The average Bonchev–Trinajstić information content (AvgIpc) is 3.14. The Bertz CT molecular complexity index is 1310. The van der Waals surface area contributed by atoms with Gasteiger partial charge >= 0.3 is 7.69 Å². The second-order valence-corrected chi connectivity index (χ2v) is 12.1. The van der Waals surface area contributed by atoms with Gasteiger partial charge in [0, 0.05) is 33.5 Å². The summed E-state index contributed by atoms with van der Waals surface area (Å²) in [6.45, 7) is 16.6. The Labute approximate surface area is 248 Å². The van der Waals surface area contributed by atoms with Crippen molar-refractivity contribution in [3.8, 4) is 0 Å². The molecule has 209 valence electrons. The number of sulfonamides is 1. The zero-order valence-electron chi connectivity index (χ0n) is 23.1. The quantitative estimate of drug-likeness (QED) is 0.214. The summed E-state index contributed by atoms with van der Waals surface area (Å²) in [5.74, 6) is 0. The molecule has 1 aliphatic rings. The number of aryl methyl sites for hydroxylation is 1. The molecule has 1 fully saturated rings. The monoisotopic (exact) mass is 635 g/mol. The topological polar surface area (TPSA) is 55.8 Å². The van der Waals surface area contributed by atoms with Crippen LogP contribution in [0.2, 0.25) is 0 Å². The molecule has 0 bridgehead atoms. The third kappa shape index (κ3) is 9.11. The van der Waals surface area contributed by atoms with E-state index in [1.54, 1.807) is 24.3 Å². The van der Waals surface area contributed by atoms with Crippen LogP contribution >= 0.6 is 0 Å². The maximum Gasteiger partial charge on any atom is 0.488 e. The molecule has 0 unspecified atom stereocenters. The smallest absolute Gasteiger partial charge is 0.405 e. The summed E-state index contributed by atoms with van der Waals surface area (Å²) in [4.78, 5) is 0.261. The summed E-state index contributed by atoms with van der Waals surface area (Å²) < 4.78 is 38.4. The van der Waals surface area contributed by atoms with Crippen molar-refractivity contribution in [2.45, 2.75) is 50.7 Å². The second-order valence-electron chi connectivity index (χ2n) is 10.2. The van der Waals surface area contributed by atoms with Gasteiger partial charge in [-0.25, -0.2) is 14.0 Å². The fourth-order valence-corrected chi connectivity index (χ4v) is 4.83. The average molecular weight is 636 g/mol. The van der Waals surface area contributed by atoms with Gasteiger partial charge in [0.25, 0.3) is 0 Å². The minimum Gasteiger partial charge on any atom is -0.405 e. The van der Waals surface area contributed by atoms with Crippen molar-refractivity contribution < 1.29 is 38.1 Å². The molecule has 1 saturated heterocycles. The molecular weight excluding hydrogens is 600 g/mol. The summed E-state index contributed by atoms with van der Waals surface area (Å²) in [6.07, 6.45) is 3.76. The van der Waals surface area contributed by atoms with Crippen molar-refractivity contribution in [2.24, 2.45) is 0 Å². The molecule has 0 spiro atoms. The van der Waals surface area contributed by atoms with E-state index in [1.165, 1.54) is 12.0 Å². The van der Waals surface area contributed by atoms with Crippen LogP contribution in [0.4, 0.5) is 0 Å². The SMILES string of the molecule is CC1(C)O[B]OC1(C)C.[CH-]=C(CN(C/C=C/c1ccccc1)S(=O)(=O)c1ccc(C)cc1)c1ccccc1.[Pd]. The van der Waals surface area contributed by atoms with Crippen molar-refractivity contribution in [3.63, 3.8) is 0 Å². The van der Waals surface area contributed by atoms with Gasteiger partial charge in [-0.15, -0.1) is 12.1 Å². The molecule has 0 atom stereocenters. The van der Waals surface area contributed by atoms with Crippen molar-refractivity contribution in [2.75, 3.05) is 13.1 Å². The third-order valence-corrected chi connectivity index (χ3v) is 8.53. The van der Waals surface area contributed by atoms with Gasteiger partial charge in [0.2, 0.25) is 10.0 Å². The molecule has 5 nitrogen and oxygen atoms in total. The van der Waals surface area contributed by atoms with E-state index >= 15 is 0 Å². The first-order chi connectivity index (χ1) is 17.9. The molecule has 1 radical (unpaired) electrons. The van der Waals surface area contributed by atoms with Crippen LogP contribution < -0.4 is 0 Å². The minimum absolute atomic E-state index is 0. The van der Waals surface area contributed by atoms with Gasteiger partial charge < -0.3 is 9.31 Å². The Balaban J connectivity index is 0.000000453. The van der Waals surface area contributed by atoms with Crippen molar-refractivity contribution >= 4 is 29.4 Å². The van der Waals surface area contributed by atoms with Crippen molar-refractivity contribution in [1.29, 1.82) is 0 Å². The molecule has 1 aliphatic heterocycles. The zero-order valence-corrected chi connectivity index (χ0v) is 25.5. The Hall–Kier alpha value is -2.30. The minimum atomic E-state index is -3.69. The van der Waals surface area contributed by atoms with Gasteiger partial charge in [-0.1, -0.05) is 78.4 Å². The van der Waals surface area contributed by atoms with Gasteiger partial charge in [0.1, 0.15) is 0 Å². The normalized spacial score (nSPS) is 15.6. The second kappa shape index (κ2) is 14.4. The molecule has 0 aliphatic carbocycles. The number of hydrogen-bond acceptors (Lipinski definition) is 4. The summed E-state index contributed by atoms with van der Waals surface area (Å²) in [5.41, 5.74) is 2.98. The number of hydrogen-bond donors (Lipinski definition) is 0. The predicted octanol–water partition coefficient (Wildman–Crippen LogP) is 6.34. The molecule has 0 amide bonds. The molecule has 0 aromatic heterocycles. The maximum absolute atomic E-state index is 13.3. The first-order valence-corrected chi connectivity index (χ1v) is 14.0. The standard InChI is InChI=1S/C25H24NO2S.C6H12BO2.Pd/c1-21-15-17-25(18-16-21)29(27,28)26(19-9-12-23-10-5-3-6-11-23)20-22(2)24-13-7-4-8-14-24;1-5(2)6(3,4)9-7-8-5;/h2-18H,19-20H2,1H3;1-4H3;/q-1;;/b12-9+;;. The van der Waals surface area contributed by atoms with Gasteiger partial charge in [0.15, 0.2) is 0 Å². The Kier molecular flexibility index (Phi) is 12.1. The summed E-state index contributed by atoms with van der Waals surface area (Å²) >= 11 is 0. The first kappa shape index (κ1) is 32.9. The Morgan fingerprint density at radius 3 is 1.87 bits per heavy atom. The van der Waals surface area contributed by atoms with Gasteiger partial charge in [-0.2, -0.15) is 9.87 Å². The molecule has 3 aromatic rings. The van der Waals surface area contributed by atoms with E-state index in [-0.39, 0.29) is 49.6 Å². The summed E-state index contributed by atoms with van der Waals surface area (Å²) in [5, 5.41) is 0.